The van der Waals surface area contributed by atoms with E-state index in [2.05, 4.69) is 4.98 Å². The number of hydrogen-bond acceptors (Lipinski definition) is 3. The third-order valence-corrected chi connectivity index (χ3v) is 5.38. The molecule has 1 amide bonds. The molecule has 0 unspecified atom stereocenters. The number of oxazole rings is 1. The van der Waals surface area contributed by atoms with Gasteiger partial charge in [0.15, 0.2) is 5.89 Å². The highest BCUT2D eigenvalue weighted by Gasteiger charge is 2.33. The van der Waals surface area contributed by atoms with Crippen LogP contribution >= 0.6 is 0 Å². The average molecular weight is 342 g/mol. The zero-order chi connectivity index (χ0) is 17.2. The SMILES string of the molecule is O=C(C1CCC1)N1CCC[C@@H](c2ncc(Cc3cccc(F)c3)o2)C1. The maximum absolute atomic E-state index is 13.3. The predicted molar refractivity (Wildman–Crippen MR) is 91.6 cm³/mol. The topological polar surface area (TPSA) is 46.3 Å². The van der Waals surface area contributed by atoms with Crippen LogP contribution < -0.4 is 0 Å². The fourth-order valence-corrected chi connectivity index (χ4v) is 3.73. The largest absolute Gasteiger partial charge is 0.445 e. The Morgan fingerprint density at radius 2 is 2.16 bits per heavy atom. The summed E-state index contributed by atoms with van der Waals surface area (Å²) in [6.07, 6.45) is 7.50. The summed E-state index contributed by atoms with van der Waals surface area (Å²) >= 11 is 0. The van der Waals surface area contributed by atoms with Crippen molar-refractivity contribution >= 4 is 5.91 Å². The number of carbonyl (C=O) groups excluding carboxylic acids is 1. The Morgan fingerprint density at radius 3 is 2.92 bits per heavy atom. The third kappa shape index (κ3) is 3.60. The molecule has 132 valence electrons. The van der Waals surface area contributed by atoms with Crippen molar-refractivity contribution in [1.29, 1.82) is 0 Å². The smallest absolute Gasteiger partial charge is 0.225 e. The van der Waals surface area contributed by atoms with Crippen molar-refractivity contribution in [2.75, 3.05) is 13.1 Å². The van der Waals surface area contributed by atoms with E-state index in [1.54, 1.807) is 12.3 Å². The number of carbonyl (C=O) groups is 1. The highest BCUT2D eigenvalue weighted by atomic mass is 19.1. The molecule has 1 atom stereocenters. The third-order valence-electron chi connectivity index (χ3n) is 5.38. The zero-order valence-electron chi connectivity index (χ0n) is 14.3. The van der Waals surface area contributed by atoms with Gasteiger partial charge in [0.2, 0.25) is 5.91 Å². The summed E-state index contributed by atoms with van der Waals surface area (Å²) < 4.78 is 19.2. The van der Waals surface area contributed by atoms with Gasteiger partial charge >= 0.3 is 0 Å². The van der Waals surface area contributed by atoms with Gasteiger partial charge in [0.1, 0.15) is 11.6 Å². The molecule has 0 bridgehead atoms. The number of aromatic nitrogens is 1. The quantitative estimate of drug-likeness (QED) is 0.846. The first-order chi connectivity index (χ1) is 12.2. The van der Waals surface area contributed by atoms with Gasteiger partial charge in [-0.25, -0.2) is 9.37 Å². The monoisotopic (exact) mass is 342 g/mol. The number of likely N-dealkylation sites (tertiary alicyclic amines) is 1. The molecule has 2 aliphatic rings. The van der Waals surface area contributed by atoms with Crippen LogP contribution in [0.1, 0.15) is 55.2 Å². The normalized spacial score (nSPS) is 21.2. The number of halogens is 1. The minimum atomic E-state index is -0.241. The lowest BCUT2D eigenvalue weighted by atomic mass is 9.83. The number of rotatable bonds is 4. The van der Waals surface area contributed by atoms with Crippen LogP contribution in [-0.2, 0) is 11.2 Å². The lowest BCUT2D eigenvalue weighted by molar-refractivity contribution is -0.139. The molecular weight excluding hydrogens is 319 g/mol. The van der Waals surface area contributed by atoms with Crippen molar-refractivity contribution in [3.05, 3.63) is 53.5 Å². The van der Waals surface area contributed by atoms with Gasteiger partial charge in [-0.3, -0.25) is 4.79 Å². The molecule has 1 aromatic heterocycles. The van der Waals surface area contributed by atoms with Crippen LogP contribution in [0.2, 0.25) is 0 Å². The summed E-state index contributed by atoms with van der Waals surface area (Å²) in [6, 6.07) is 6.53. The van der Waals surface area contributed by atoms with E-state index < -0.39 is 0 Å². The van der Waals surface area contributed by atoms with Crippen molar-refractivity contribution in [3.8, 4) is 0 Å². The molecule has 2 fully saturated rings. The van der Waals surface area contributed by atoms with Crippen molar-refractivity contribution in [3.63, 3.8) is 0 Å². The van der Waals surface area contributed by atoms with E-state index in [4.69, 9.17) is 4.42 Å². The van der Waals surface area contributed by atoms with Crippen molar-refractivity contribution in [1.82, 2.24) is 9.88 Å². The van der Waals surface area contributed by atoms with Crippen LogP contribution in [0.25, 0.3) is 0 Å². The van der Waals surface area contributed by atoms with Crippen molar-refractivity contribution in [2.45, 2.75) is 44.4 Å². The molecule has 1 saturated heterocycles. The summed E-state index contributed by atoms with van der Waals surface area (Å²) in [6.45, 7) is 1.55. The Labute approximate surface area is 147 Å². The van der Waals surface area contributed by atoms with E-state index in [1.807, 2.05) is 11.0 Å². The molecule has 1 aliphatic heterocycles. The van der Waals surface area contributed by atoms with Crippen LogP contribution in [0.3, 0.4) is 0 Å². The molecule has 1 aromatic carbocycles. The molecule has 4 nitrogen and oxygen atoms in total. The fraction of sp³-hybridized carbons (Fsp3) is 0.500. The second-order valence-electron chi connectivity index (χ2n) is 7.22. The molecule has 0 N–H and O–H groups in total. The number of benzene rings is 1. The summed E-state index contributed by atoms with van der Waals surface area (Å²) in [5.74, 6) is 1.92. The van der Waals surface area contributed by atoms with Gasteiger partial charge in [0.05, 0.1) is 12.1 Å². The molecule has 2 aromatic rings. The second-order valence-corrected chi connectivity index (χ2v) is 7.22. The van der Waals surface area contributed by atoms with E-state index in [-0.39, 0.29) is 17.7 Å². The van der Waals surface area contributed by atoms with E-state index in [0.29, 0.717) is 24.8 Å². The maximum Gasteiger partial charge on any atom is 0.225 e. The first-order valence-electron chi connectivity index (χ1n) is 9.17. The van der Waals surface area contributed by atoms with Gasteiger partial charge in [-0.15, -0.1) is 0 Å². The Kier molecular flexibility index (Phi) is 4.55. The molecule has 4 rings (SSSR count). The Morgan fingerprint density at radius 1 is 1.28 bits per heavy atom. The number of nitrogens with zero attached hydrogens (tertiary/aromatic N) is 2. The van der Waals surface area contributed by atoms with E-state index in [0.717, 1.165) is 43.6 Å². The van der Waals surface area contributed by atoms with Gasteiger partial charge in [-0.05, 0) is 43.4 Å². The van der Waals surface area contributed by atoms with Crippen molar-refractivity contribution < 1.29 is 13.6 Å². The summed E-state index contributed by atoms with van der Waals surface area (Å²) in [5, 5.41) is 0. The highest BCUT2D eigenvalue weighted by Crippen LogP contribution is 2.32. The molecule has 25 heavy (non-hydrogen) atoms. The van der Waals surface area contributed by atoms with Gasteiger partial charge in [0, 0.05) is 25.4 Å². The molecule has 2 heterocycles. The average Bonchev–Trinajstić information content (AvgIpc) is 3.02. The van der Waals surface area contributed by atoms with Gasteiger partial charge in [0.25, 0.3) is 0 Å². The number of piperidine rings is 1. The first kappa shape index (κ1) is 16.3. The minimum absolute atomic E-state index is 0.166. The summed E-state index contributed by atoms with van der Waals surface area (Å²) in [7, 11) is 0. The van der Waals surface area contributed by atoms with Crippen LogP contribution in [-0.4, -0.2) is 28.9 Å². The van der Waals surface area contributed by atoms with Gasteiger partial charge in [-0.1, -0.05) is 18.6 Å². The van der Waals surface area contributed by atoms with Gasteiger partial charge in [-0.2, -0.15) is 0 Å². The van der Waals surface area contributed by atoms with Crippen LogP contribution in [0, 0.1) is 11.7 Å². The summed E-state index contributed by atoms with van der Waals surface area (Å²) in [4.78, 5) is 18.9. The Hall–Kier alpha value is -2.17. The molecule has 0 radical (unpaired) electrons. The predicted octanol–water partition coefficient (Wildman–Crippen LogP) is 3.91. The number of hydrogen-bond donors (Lipinski definition) is 0. The second kappa shape index (κ2) is 6.98. The summed E-state index contributed by atoms with van der Waals surface area (Å²) in [5.41, 5.74) is 0.869. The molecule has 1 aliphatic carbocycles. The molecule has 0 spiro atoms. The standard InChI is InChI=1S/C20H23FN2O2/c21-17-8-1-4-14(10-17)11-18-12-22-19(25-18)16-7-3-9-23(13-16)20(24)15-5-2-6-15/h1,4,8,10,12,15-16H,2-3,5-7,9,11,13H2/t16-/m1/s1. The van der Waals surface area contributed by atoms with E-state index >= 15 is 0 Å². The van der Waals surface area contributed by atoms with Crippen molar-refractivity contribution in [2.24, 2.45) is 5.92 Å². The van der Waals surface area contributed by atoms with E-state index in [1.165, 1.54) is 18.6 Å². The molecular formula is C20H23FN2O2. The lowest BCUT2D eigenvalue weighted by Gasteiger charge is -2.36. The first-order valence-corrected chi connectivity index (χ1v) is 9.17. The minimum Gasteiger partial charge on any atom is -0.445 e. The molecule has 5 heteroatoms. The Balaban J connectivity index is 1.41. The fourth-order valence-electron chi connectivity index (χ4n) is 3.73. The zero-order valence-corrected chi connectivity index (χ0v) is 14.3. The van der Waals surface area contributed by atoms with Crippen LogP contribution in [0.4, 0.5) is 4.39 Å². The van der Waals surface area contributed by atoms with Crippen LogP contribution in [0.15, 0.2) is 34.9 Å². The Bertz CT molecular complexity index is 754. The van der Waals surface area contributed by atoms with E-state index in [9.17, 15) is 9.18 Å². The highest BCUT2D eigenvalue weighted by molar-refractivity contribution is 5.79. The molecule has 1 saturated carbocycles. The van der Waals surface area contributed by atoms with Crippen LogP contribution in [0.5, 0.6) is 0 Å². The van der Waals surface area contributed by atoms with Gasteiger partial charge < -0.3 is 9.32 Å². The lowest BCUT2D eigenvalue weighted by Crippen LogP contribution is -2.44. The maximum atomic E-state index is 13.3. The number of amides is 1.